The second kappa shape index (κ2) is 11.3. The number of rotatable bonds is 11. The topological polar surface area (TPSA) is 64.1 Å². The predicted octanol–water partition coefficient (Wildman–Crippen LogP) is 3.03. The van der Waals surface area contributed by atoms with Crippen molar-refractivity contribution in [2.45, 2.75) is 51.7 Å². The fraction of sp³-hybridized carbons (Fsp3) is 0.682. The second-order valence-electron chi connectivity index (χ2n) is 7.78. The molecule has 28 heavy (non-hydrogen) atoms. The third-order valence-corrected chi connectivity index (χ3v) is 5.15. The highest BCUT2D eigenvalue weighted by Crippen LogP contribution is 2.28. The molecule has 1 aromatic carbocycles. The van der Waals surface area contributed by atoms with Crippen molar-refractivity contribution in [3.8, 4) is 5.75 Å². The van der Waals surface area contributed by atoms with E-state index in [4.69, 9.17) is 14.2 Å². The first-order chi connectivity index (χ1) is 13.7. The zero-order valence-corrected chi connectivity index (χ0v) is 17.3. The van der Waals surface area contributed by atoms with Crippen LogP contribution in [0.1, 0.15) is 43.2 Å². The SMILES string of the molecule is CN=C(NCCCOCC1CC1)NCc1ccc(C)cc1OCC1CCCO1. The molecule has 2 N–H and O–H groups in total. The molecule has 3 rings (SSSR count). The van der Waals surface area contributed by atoms with Gasteiger partial charge in [0.1, 0.15) is 12.4 Å². The van der Waals surface area contributed by atoms with E-state index in [0.29, 0.717) is 13.2 Å². The molecule has 6 heteroatoms. The van der Waals surface area contributed by atoms with E-state index in [9.17, 15) is 0 Å². The van der Waals surface area contributed by atoms with Crippen LogP contribution < -0.4 is 15.4 Å². The molecule has 1 aliphatic heterocycles. The summed E-state index contributed by atoms with van der Waals surface area (Å²) in [6.07, 6.45) is 6.09. The Kier molecular flexibility index (Phi) is 8.42. The standard InChI is InChI=1S/C22H35N3O3/c1-17-6-9-19(21(13-17)28-16-20-5-3-12-27-20)14-25-22(23-2)24-10-4-11-26-15-18-7-8-18/h6,9,13,18,20H,3-5,7-8,10-12,14-16H2,1-2H3,(H2,23,24,25). The molecule has 0 amide bonds. The molecular weight excluding hydrogens is 354 g/mol. The number of hydrogen-bond acceptors (Lipinski definition) is 4. The first kappa shape index (κ1) is 20.9. The third-order valence-electron chi connectivity index (χ3n) is 5.15. The summed E-state index contributed by atoms with van der Waals surface area (Å²) in [5, 5.41) is 6.73. The van der Waals surface area contributed by atoms with Gasteiger partial charge in [0.25, 0.3) is 0 Å². The molecule has 2 aliphatic rings. The van der Waals surface area contributed by atoms with E-state index in [1.54, 1.807) is 7.05 Å². The average molecular weight is 390 g/mol. The minimum atomic E-state index is 0.220. The summed E-state index contributed by atoms with van der Waals surface area (Å²) >= 11 is 0. The molecule has 1 heterocycles. The molecule has 0 radical (unpaired) electrons. The van der Waals surface area contributed by atoms with Crippen molar-refractivity contribution in [3.63, 3.8) is 0 Å². The van der Waals surface area contributed by atoms with Crippen LogP contribution in [0.3, 0.4) is 0 Å². The van der Waals surface area contributed by atoms with Crippen molar-refractivity contribution in [1.29, 1.82) is 0 Å². The Morgan fingerprint density at radius 3 is 2.86 bits per heavy atom. The van der Waals surface area contributed by atoms with Crippen LogP contribution in [-0.4, -0.2) is 52.1 Å². The molecule has 1 saturated carbocycles. The predicted molar refractivity (Wildman–Crippen MR) is 112 cm³/mol. The fourth-order valence-corrected chi connectivity index (χ4v) is 3.22. The quantitative estimate of drug-likeness (QED) is 0.346. The highest BCUT2D eigenvalue weighted by Gasteiger charge is 2.20. The molecule has 0 aromatic heterocycles. The number of nitrogens with one attached hydrogen (secondary N) is 2. The van der Waals surface area contributed by atoms with E-state index in [-0.39, 0.29) is 6.10 Å². The van der Waals surface area contributed by atoms with Gasteiger partial charge in [-0.05, 0) is 56.6 Å². The van der Waals surface area contributed by atoms with E-state index in [2.05, 4.69) is 40.7 Å². The summed E-state index contributed by atoms with van der Waals surface area (Å²) in [5.74, 6) is 2.55. The molecule has 6 nitrogen and oxygen atoms in total. The lowest BCUT2D eigenvalue weighted by Crippen LogP contribution is -2.37. The molecule has 0 spiro atoms. The van der Waals surface area contributed by atoms with Gasteiger partial charge in [-0.1, -0.05) is 12.1 Å². The lowest BCUT2D eigenvalue weighted by atomic mass is 10.1. The van der Waals surface area contributed by atoms with Gasteiger partial charge in [0.05, 0.1) is 6.10 Å². The monoisotopic (exact) mass is 389 g/mol. The largest absolute Gasteiger partial charge is 0.491 e. The zero-order valence-electron chi connectivity index (χ0n) is 17.3. The van der Waals surface area contributed by atoms with E-state index in [1.807, 2.05) is 0 Å². The van der Waals surface area contributed by atoms with Crippen molar-refractivity contribution in [2.24, 2.45) is 10.9 Å². The van der Waals surface area contributed by atoms with Crippen molar-refractivity contribution < 1.29 is 14.2 Å². The molecule has 1 aliphatic carbocycles. The number of nitrogens with zero attached hydrogens (tertiary/aromatic N) is 1. The normalized spacial score (nSPS) is 19.6. The minimum Gasteiger partial charge on any atom is -0.491 e. The molecule has 1 unspecified atom stereocenters. The Morgan fingerprint density at radius 1 is 1.21 bits per heavy atom. The summed E-state index contributed by atoms with van der Waals surface area (Å²) in [6, 6.07) is 6.33. The number of guanidine groups is 1. The van der Waals surface area contributed by atoms with Crippen LogP contribution in [0, 0.1) is 12.8 Å². The Hall–Kier alpha value is -1.79. The van der Waals surface area contributed by atoms with Crippen molar-refractivity contribution in [3.05, 3.63) is 29.3 Å². The maximum Gasteiger partial charge on any atom is 0.191 e. The Labute approximate surface area is 169 Å². The lowest BCUT2D eigenvalue weighted by Gasteiger charge is -2.17. The van der Waals surface area contributed by atoms with Crippen molar-refractivity contribution >= 4 is 5.96 Å². The van der Waals surface area contributed by atoms with Gasteiger partial charge in [0.2, 0.25) is 0 Å². The molecule has 156 valence electrons. The maximum atomic E-state index is 6.08. The van der Waals surface area contributed by atoms with Crippen LogP contribution in [0.2, 0.25) is 0 Å². The van der Waals surface area contributed by atoms with E-state index in [0.717, 1.165) is 68.8 Å². The Morgan fingerprint density at radius 2 is 2.11 bits per heavy atom. The summed E-state index contributed by atoms with van der Waals surface area (Å²) in [7, 11) is 1.79. The summed E-state index contributed by atoms with van der Waals surface area (Å²) < 4.78 is 17.4. The van der Waals surface area contributed by atoms with Crippen LogP contribution in [0.25, 0.3) is 0 Å². The summed E-state index contributed by atoms with van der Waals surface area (Å²) in [5.41, 5.74) is 2.32. The average Bonchev–Trinajstić information content (AvgIpc) is 3.38. The van der Waals surface area contributed by atoms with Crippen LogP contribution in [0.4, 0.5) is 0 Å². The summed E-state index contributed by atoms with van der Waals surface area (Å²) in [6.45, 7) is 6.80. The van der Waals surface area contributed by atoms with Crippen LogP contribution in [0.15, 0.2) is 23.2 Å². The van der Waals surface area contributed by atoms with Crippen LogP contribution in [-0.2, 0) is 16.0 Å². The van der Waals surface area contributed by atoms with E-state index < -0.39 is 0 Å². The molecule has 1 saturated heterocycles. The fourth-order valence-electron chi connectivity index (χ4n) is 3.22. The Balaban J connectivity index is 1.39. The smallest absolute Gasteiger partial charge is 0.191 e. The number of hydrogen-bond donors (Lipinski definition) is 2. The van der Waals surface area contributed by atoms with Crippen LogP contribution >= 0.6 is 0 Å². The number of benzene rings is 1. The van der Waals surface area contributed by atoms with Crippen LogP contribution in [0.5, 0.6) is 5.75 Å². The first-order valence-electron chi connectivity index (χ1n) is 10.6. The van der Waals surface area contributed by atoms with Gasteiger partial charge in [-0.25, -0.2) is 0 Å². The second-order valence-corrected chi connectivity index (χ2v) is 7.78. The van der Waals surface area contributed by atoms with E-state index in [1.165, 1.54) is 18.4 Å². The van der Waals surface area contributed by atoms with Gasteiger partial charge in [-0.2, -0.15) is 0 Å². The van der Waals surface area contributed by atoms with Gasteiger partial charge >= 0.3 is 0 Å². The van der Waals surface area contributed by atoms with Gasteiger partial charge in [-0.15, -0.1) is 0 Å². The molecule has 1 atom stereocenters. The summed E-state index contributed by atoms with van der Waals surface area (Å²) in [4.78, 5) is 4.31. The number of ether oxygens (including phenoxy) is 3. The first-order valence-corrected chi connectivity index (χ1v) is 10.6. The third kappa shape index (κ3) is 7.32. The zero-order chi connectivity index (χ0) is 19.6. The Bertz CT molecular complexity index is 625. The molecular formula is C22H35N3O3. The van der Waals surface area contributed by atoms with Gasteiger partial charge < -0.3 is 24.8 Å². The van der Waals surface area contributed by atoms with Gasteiger partial charge in [0, 0.05) is 45.5 Å². The highest BCUT2D eigenvalue weighted by molar-refractivity contribution is 5.79. The highest BCUT2D eigenvalue weighted by atomic mass is 16.5. The number of aryl methyl sites for hydroxylation is 1. The number of aliphatic imine (C=N–C) groups is 1. The molecule has 0 bridgehead atoms. The van der Waals surface area contributed by atoms with Crippen molar-refractivity contribution in [2.75, 3.05) is 40.0 Å². The molecule has 2 fully saturated rings. The molecule has 1 aromatic rings. The van der Waals surface area contributed by atoms with Gasteiger partial charge in [-0.3, -0.25) is 4.99 Å². The van der Waals surface area contributed by atoms with Crippen molar-refractivity contribution in [1.82, 2.24) is 10.6 Å². The van der Waals surface area contributed by atoms with Gasteiger partial charge in [0.15, 0.2) is 5.96 Å². The minimum absolute atomic E-state index is 0.220. The maximum absolute atomic E-state index is 6.08. The lowest BCUT2D eigenvalue weighted by molar-refractivity contribution is 0.0676. The van der Waals surface area contributed by atoms with E-state index >= 15 is 0 Å².